The number of hydrogen-bond acceptors (Lipinski definition) is 5. The van der Waals surface area contributed by atoms with Crippen molar-refractivity contribution >= 4 is 17.5 Å². The van der Waals surface area contributed by atoms with Crippen molar-refractivity contribution in [2.45, 2.75) is 26.1 Å². The number of rotatable bonds is 5. The summed E-state index contributed by atoms with van der Waals surface area (Å²) in [4.78, 5) is 19.2. The van der Waals surface area contributed by atoms with E-state index < -0.39 is 17.9 Å². The van der Waals surface area contributed by atoms with E-state index in [1.165, 1.54) is 18.0 Å². The van der Waals surface area contributed by atoms with Gasteiger partial charge in [-0.25, -0.2) is 9.97 Å². The molecule has 0 bridgehead atoms. The molecule has 0 radical (unpaired) electrons. The van der Waals surface area contributed by atoms with E-state index in [-0.39, 0.29) is 24.2 Å². The molecule has 0 unspecified atom stereocenters. The van der Waals surface area contributed by atoms with Gasteiger partial charge in [0.25, 0.3) is 0 Å². The normalized spacial score (nSPS) is 11.6. The molecule has 1 rings (SSSR count). The van der Waals surface area contributed by atoms with Crippen molar-refractivity contribution in [2.75, 3.05) is 23.8 Å². The van der Waals surface area contributed by atoms with E-state index >= 15 is 0 Å². The second-order valence-corrected chi connectivity index (χ2v) is 4.37. The number of nitrogens with zero attached hydrogens (tertiary/aromatic N) is 3. The summed E-state index contributed by atoms with van der Waals surface area (Å²) in [7, 11) is 1.44. The Hall–Kier alpha value is -2.06. The Kier molecular flexibility index (Phi) is 4.74. The fraction of sp³-hybridized carbons (Fsp3) is 0.545. The summed E-state index contributed by atoms with van der Waals surface area (Å²) in [5.74, 6) is -1.92. The molecule has 0 saturated carbocycles. The lowest BCUT2D eigenvalue weighted by molar-refractivity contribution is -0.144. The van der Waals surface area contributed by atoms with Crippen LogP contribution >= 0.6 is 0 Å². The van der Waals surface area contributed by atoms with Crippen LogP contribution in [0.1, 0.15) is 19.7 Å². The van der Waals surface area contributed by atoms with Gasteiger partial charge in [-0.15, -0.1) is 0 Å². The molecule has 3 N–H and O–H groups in total. The van der Waals surface area contributed by atoms with E-state index in [2.05, 4.69) is 15.3 Å². The number of carbonyl (C=O) groups excluding carboxylic acids is 1. The van der Waals surface area contributed by atoms with Gasteiger partial charge in [-0.1, -0.05) is 0 Å². The second-order valence-electron chi connectivity index (χ2n) is 4.37. The number of carbonyl (C=O) groups is 1. The molecule has 0 saturated heterocycles. The van der Waals surface area contributed by atoms with E-state index in [4.69, 9.17) is 5.73 Å². The van der Waals surface area contributed by atoms with Gasteiger partial charge in [0.2, 0.25) is 11.7 Å². The minimum Gasteiger partial charge on any atom is -0.373 e. The molecule has 0 aliphatic heterocycles. The predicted octanol–water partition coefficient (Wildman–Crippen LogP) is 1.24. The average molecular weight is 291 g/mol. The van der Waals surface area contributed by atoms with Gasteiger partial charge in [0.15, 0.2) is 0 Å². The molecule has 20 heavy (non-hydrogen) atoms. The largest absolute Gasteiger partial charge is 0.451 e. The van der Waals surface area contributed by atoms with Crippen molar-refractivity contribution < 1.29 is 18.0 Å². The molecule has 0 aliphatic carbocycles. The van der Waals surface area contributed by atoms with Crippen LogP contribution in [0.4, 0.5) is 24.8 Å². The summed E-state index contributed by atoms with van der Waals surface area (Å²) in [6.07, 6.45) is -4.67. The first-order valence-electron chi connectivity index (χ1n) is 5.84. The van der Waals surface area contributed by atoms with Crippen LogP contribution < -0.4 is 16.0 Å². The zero-order valence-electron chi connectivity index (χ0n) is 11.3. The highest BCUT2D eigenvalue weighted by molar-refractivity contribution is 5.79. The molecule has 112 valence electrons. The van der Waals surface area contributed by atoms with Gasteiger partial charge in [0, 0.05) is 19.2 Å². The molecular formula is C11H16F3N5O. The van der Waals surface area contributed by atoms with Gasteiger partial charge < -0.3 is 16.0 Å². The first kappa shape index (κ1) is 16.0. The maximum absolute atomic E-state index is 12.7. The van der Waals surface area contributed by atoms with Crippen molar-refractivity contribution in [3.63, 3.8) is 0 Å². The van der Waals surface area contributed by atoms with Crippen LogP contribution in [0.3, 0.4) is 0 Å². The van der Waals surface area contributed by atoms with Gasteiger partial charge in [-0.2, -0.15) is 13.2 Å². The van der Waals surface area contributed by atoms with Crippen LogP contribution in [0.25, 0.3) is 0 Å². The molecule has 1 amide bonds. The molecule has 1 heterocycles. The van der Waals surface area contributed by atoms with E-state index in [0.29, 0.717) is 0 Å². The number of hydrogen-bond donors (Lipinski definition) is 2. The molecule has 1 aromatic rings. The van der Waals surface area contributed by atoms with E-state index in [1.54, 1.807) is 13.8 Å². The summed E-state index contributed by atoms with van der Waals surface area (Å²) in [6.45, 7) is 3.21. The number of nitrogens with one attached hydrogen (secondary N) is 1. The quantitative estimate of drug-likeness (QED) is 0.852. The number of anilines is 2. The third-order valence-electron chi connectivity index (χ3n) is 2.47. The standard InChI is InChI=1S/C11H16F3N5O/c1-6(2)19(5-7(15)20)9-4-8(16-3)17-10(18-9)11(12,13)14/h4,6H,5H2,1-3H3,(H2,15,20)(H,16,17,18). The molecular weight excluding hydrogens is 275 g/mol. The number of nitrogens with two attached hydrogens (primary N) is 1. The Morgan fingerprint density at radius 1 is 1.45 bits per heavy atom. The van der Waals surface area contributed by atoms with Crippen LogP contribution in [0.2, 0.25) is 0 Å². The maximum atomic E-state index is 12.7. The molecule has 0 fully saturated rings. The second kappa shape index (κ2) is 5.93. The first-order chi connectivity index (χ1) is 9.15. The maximum Gasteiger partial charge on any atom is 0.451 e. The molecule has 0 spiro atoms. The van der Waals surface area contributed by atoms with Gasteiger partial charge in [0.05, 0.1) is 6.54 Å². The van der Waals surface area contributed by atoms with Crippen LogP contribution in [0.15, 0.2) is 6.07 Å². The van der Waals surface area contributed by atoms with Gasteiger partial charge in [-0.3, -0.25) is 4.79 Å². The fourth-order valence-electron chi connectivity index (χ4n) is 1.53. The average Bonchev–Trinajstić information content (AvgIpc) is 2.33. The summed E-state index contributed by atoms with van der Waals surface area (Å²) in [5.41, 5.74) is 5.10. The minimum atomic E-state index is -4.67. The zero-order chi connectivity index (χ0) is 15.5. The van der Waals surface area contributed by atoms with E-state index in [9.17, 15) is 18.0 Å². The molecule has 0 aromatic carbocycles. The van der Waals surface area contributed by atoms with Crippen LogP contribution in [0, 0.1) is 0 Å². The molecule has 0 aliphatic rings. The van der Waals surface area contributed by atoms with Crippen molar-refractivity contribution in [1.82, 2.24) is 9.97 Å². The number of amides is 1. The number of halogens is 3. The Bertz CT molecular complexity index is 489. The van der Waals surface area contributed by atoms with Crippen molar-refractivity contribution in [3.05, 3.63) is 11.9 Å². The van der Waals surface area contributed by atoms with Crippen molar-refractivity contribution in [2.24, 2.45) is 5.73 Å². The third-order valence-corrected chi connectivity index (χ3v) is 2.47. The molecule has 9 heteroatoms. The van der Waals surface area contributed by atoms with Gasteiger partial charge >= 0.3 is 6.18 Å². The summed E-state index contributed by atoms with van der Waals surface area (Å²) in [5, 5.41) is 2.53. The SMILES string of the molecule is CNc1cc(N(CC(N)=O)C(C)C)nc(C(F)(F)F)n1. The van der Waals surface area contributed by atoms with Crippen LogP contribution in [-0.4, -0.2) is 35.5 Å². The molecule has 0 atom stereocenters. The number of aromatic nitrogens is 2. The lowest BCUT2D eigenvalue weighted by Gasteiger charge is -2.27. The molecule has 1 aromatic heterocycles. The highest BCUT2D eigenvalue weighted by Gasteiger charge is 2.36. The Morgan fingerprint density at radius 3 is 2.45 bits per heavy atom. The number of primary amides is 1. The van der Waals surface area contributed by atoms with Gasteiger partial charge in [0.1, 0.15) is 11.6 Å². The Labute approximate surface area is 114 Å². The molecule has 6 nitrogen and oxygen atoms in total. The van der Waals surface area contributed by atoms with E-state index in [0.717, 1.165) is 0 Å². The van der Waals surface area contributed by atoms with Crippen molar-refractivity contribution in [3.8, 4) is 0 Å². The predicted molar refractivity (Wildman–Crippen MR) is 68.3 cm³/mol. The van der Waals surface area contributed by atoms with E-state index in [1.807, 2.05) is 0 Å². The fourth-order valence-corrected chi connectivity index (χ4v) is 1.53. The highest BCUT2D eigenvalue weighted by Crippen LogP contribution is 2.29. The Morgan fingerprint density at radius 2 is 2.05 bits per heavy atom. The first-order valence-corrected chi connectivity index (χ1v) is 5.84. The highest BCUT2D eigenvalue weighted by atomic mass is 19.4. The summed E-state index contributed by atoms with van der Waals surface area (Å²) < 4.78 is 38.2. The smallest absolute Gasteiger partial charge is 0.373 e. The Balaban J connectivity index is 3.30. The van der Waals surface area contributed by atoms with Crippen LogP contribution in [0.5, 0.6) is 0 Å². The van der Waals surface area contributed by atoms with Crippen molar-refractivity contribution in [1.29, 1.82) is 0 Å². The van der Waals surface area contributed by atoms with Gasteiger partial charge in [-0.05, 0) is 13.8 Å². The topological polar surface area (TPSA) is 84.1 Å². The third kappa shape index (κ3) is 3.97. The lowest BCUT2D eigenvalue weighted by atomic mass is 10.3. The summed E-state index contributed by atoms with van der Waals surface area (Å²) >= 11 is 0. The minimum absolute atomic E-state index is 0.00882. The monoisotopic (exact) mass is 291 g/mol. The number of alkyl halides is 3. The summed E-state index contributed by atoms with van der Waals surface area (Å²) in [6, 6.07) is 1.08. The zero-order valence-corrected chi connectivity index (χ0v) is 11.3. The van der Waals surface area contributed by atoms with Crippen LogP contribution in [-0.2, 0) is 11.0 Å². The lowest BCUT2D eigenvalue weighted by Crippen LogP contribution is -2.39.